The molecule has 1 atom stereocenters. The van der Waals surface area contributed by atoms with Gasteiger partial charge in [-0.15, -0.1) is 24.8 Å². The number of likely N-dealkylation sites (tertiary alicyclic amines) is 1. The Kier molecular flexibility index (Phi) is 9.47. The molecule has 18 heavy (non-hydrogen) atoms. The summed E-state index contributed by atoms with van der Waals surface area (Å²) >= 11 is 0. The normalized spacial score (nSPS) is 19.7. The summed E-state index contributed by atoms with van der Waals surface area (Å²) in [6.07, 6.45) is 5.12. The van der Waals surface area contributed by atoms with Gasteiger partial charge in [0.05, 0.1) is 0 Å². The van der Waals surface area contributed by atoms with Crippen molar-refractivity contribution in [3.63, 3.8) is 0 Å². The zero-order valence-corrected chi connectivity index (χ0v) is 12.4. The Morgan fingerprint density at radius 2 is 1.83 bits per heavy atom. The van der Waals surface area contributed by atoms with Crippen LogP contribution in [0.2, 0.25) is 0 Å². The molecule has 4 heteroatoms. The van der Waals surface area contributed by atoms with Crippen LogP contribution in [0.3, 0.4) is 0 Å². The van der Waals surface area contributed by atoms with E-state index in [9.17, 15) is 0 Å². The molecular formula is C14H24Cl2N2. The molecule has 0 aliphatic carbocycles. The van der Waals surface area contributed by atoms with Gasteiger partial charge in [-0.05, 0) is 44.5 Å². The van der Waals surface area contributed by atoms with E-state index in [0.717, 1.165) is 19.5 Å². The van der Waals surface area contributed by atoms with E-state index in [4.69, 9.17) is 5.73 Å². The Hall–Kier alpha value is -0.280. The number of piperidine rings is 1. The van der Waals surface area contributed by atoms with Crippen molar-refractivity contribution in [2.45, 2.75) is 31.7 Å². The average Bonchev–Trinajstić information content (AvgIpc) is 2.38. The fraction of sp³-hybridized carbons (Fsp3) is 0.571. The molecule has 1 aromatic carbocycles. The summed E-state index contributed by atoms with van der Waals surface area (Å²) < 4.78 is 0. The van der Waals surface area contributed by atoms with Gasteiger partial charge in [0.15, 0.2) is 0 Å². The van der Waals surface area contributed by atoms with Gasteiger partial charge < -0.3 is 5.73 Å². The maximum atomic E-state index is 5.60. The Labute approximate surface area is 123 Å². The van der Waals surface area contributed by atoms with E-state index in [1.165, 1.54) is 31.4 Å². The molecule has 0 aromatic heterocycles. The Morgan fingerprint density at radius 1 is 1.11 bits per heavy atom. The number of nitrogens with two attached hydrogens (primary N) is 1. The van der Waals surface area contributed by atoms with Crippen LogP contribution in [-0.2, 0) is 0 Å². The molecule has 1 aromatic rings. The lowest BCUT2D eigenvalue weighted by molar-refractivity contribution is 0.148. The van der Waals surface area contributed by atoms with E-state index in [0.29, 0.717) is 6.04 Å². The summed E-state index contributed by atoms with van der Waals surface area (Å²) in [5.41, 5.74) is 7.07. The number of hydrogen-bond acceptors (Lipinski definition) is 2. The first-order chi connectivity index (χ1) is 7.92. The third-order valence-electron chi connectivity index (χ3n) is 3.45. The van der Waals surface area contributed by atoms with Crippen molar-refractivity contribution in [1.29, 1.82) is 0 Å². The van der Waals surface area contributed by atoms with Gasteiger partial charge in [-0.25, -0.2) is 0 Å². The highest BCUT2D eigenvalue weighted by molar-refractivity contribution is 5.85. The van der Waals surface area contributed by atoms with Gasteiger partial charge in [-0.1, -0.05) is 36.8 Å². The largest absolute Gasteiger partial charge is 0.330 e. The van der Waals surface area contributed by atoms with Gasteiger partial charge in [-0.3, -0.25) is 4.90 Å². The molecule has 0 saturated carbocycles. The molecule has 0 radical (unpaired) electrons. The molecule has 1 fully saturated rings. The minimum Gasteiger partial charge on any atom is -0.330 e. The van der Waals surface area contributed by atoms with Crippen LogP contribution < -0.4 is 5.73 Å². The summed E-state index contributed by atoms with van der Waals surface area (Å²) in [6.45, 7) is 3.19. The lowest BCUT2D eigenvalue weighted by atomic mass is 9.95. The molecule has 104 valence electrons. The van der Waals surface area contributed by atoms with Gasteiger partial charge in [0, 0.05) is 6.04 Å². The predicted molar refractivity (Wildman–Crippen MR) is 82.8 cm³/mol. The standard InChI is InChI=1S/C14H22N2.2ClH/c15-10-6-12-16-11-5-4-9-14(16)13-7-2-1-3-8-13;;/h1-3,7-8,14H,4-6,9-12,15H2;2*1H. The summed E-state index contributed by atoms with van der Waals surface area (Å²) in [7, 11) is 0. The van der Waals surface area contributed by atoms with Crippen LogP contribution in [0.25, 0.3) is 0 Å². The van der Waals surface area contributed by atoms with Crippen molar-refractivity contribution in [2.75, 3.05) is 19.6 Å². The zero-order valence-electron chi connectivity index (χ0n) is 10.8. The van der Waals surface area contributed by atoms with Gasteiger partial charge in [0.2, 0.25) is 0 Å². The first-order valence-electron chi connectivity index (χ1n) is 6.41. The third kappa shape index (κ3) is 4.77. The molecule has 0 bridgehead atoms. The maximum Gasteiger partial charge on any atom is 0.0348 e. The Bertz CT molecular complexity index is 306. The minimum atomic E-state index is 0. The number of nitrogens with zero attached hydrogens (tertiary/aromatic N) is 1. The van der Waals surface area contributed by atoms with E-state index >= 15 is 0 Å². The first kappa shape index (κ1) is 17.7. The van der Waals surface area contributed by atoms with Gasteiger partial charge in [0.25, 0.3) is 0 Å². The monoisotopic (exact) mass is 290 g/mol. The second-order valence-electron chi connectivity index (χ2n) is 4.60. The SMILES string of the molecule is Cl.Cl.NCCCN1CCCCC1c1ccccc1. The predicted octanol–water partition coefficient (Wildman–Crippen LogP) is 3.41. The van der Waals surface area contributed by atoms with Gasteiger partial charge in [-0.2, -0.15) is 0 Å². The second kappa shape index (κ2) is 9.62. The van der Waals surface area contributed by atoms with E-state index in [1.54, 1.807) is 0 Å². The van der Waals surface area contributed by atoms with Crippen LogP contribution in [0.1, 0.15) is 37.3 Å². The highest BCUT2D eigenvalue weighted by Gasteiger charge is 2.22. The maximum absolute atomic E-state index is 5.60. The summed E-state index contributed by atoms with van der Waals surface area (Å²) in [5.74, 6) is 0. The smallest absolute Gasteiger partial charge is 0.0348 e. The topological polar surface area (TPSA) is 29.3 Å². The number of halogens is 2. The van der Waals surface area contributed by atoms with E-state index in [-0.39, 0.29) is 24.8 Å². The van der Waals surface area contributed by atoms with Gasteiger partial charge in [0.1, 0.15) is 0 Å². The minimum absolute atomic E-state index is 0. The fourth-order valence-corrected chi connectivity index (χ4v) is 2.61. The fourth-order valence-electron chi connectivity index (χ4n) is 2.61. The molecule has 1 heterocycles. The molecule has 0 spiro atoms. The summed E-state index contributed by atoms with van der Waals surface area (Å²) in [4.78, 5) is 2.60. The van der Waals surface area contributed by atoms with Crippen molar-refractivity contribution in [3.8, 4) is 0 Å². The van der Waals surface area contributed by atoms with Crippen molar-refractivity contribution in [1.82, 2.24) is 4.90 Å². The van der Waals surface area contributed by atoms with Crippen LogP contribution in [0.15, 0.2) is 30.3 Å². The molecule has 0 amide bonds. The van der Waals surface area contributed by atoms with Crippen molar-refractivity contribution >= 4 is 24.8 Å². The summed E-state index contributed by atoms with van der Waals surface area (Å²) in [6, 6.07) is 11.5. The molecule has 2 nitrogen and oxygen atoms in total. The Morgan fingerprint density at radius 3 is 2.50 bits per heavy atom. The number of hydrogen-bond donors (Lipinski definition) is 1. The van der Waals surface area contributed by atoms with Crippen LogP contribution >= 0.6 is 24.8 Å². The third-order valence-corrected chi connectivity index (χ3v) is 3.45. The molecule has 2 rings (SSSR count). The lowest BCUT2D eigenvalue weighted by Crippen LogP contribution is -2.34. The number of benzene rings is 1. The molecule has 2 N–H and O–H groups in total. The van der Waals surface area contributed by atoms with E-state index < -0.39 is 0 Å². The Balaban J connectivity index is 0.00000144. The molecule has 1 unspecified atom stereocenters. The van der Waals surface area contributed by atoms with Crippen LogP contribution in [-0.4, -0.2) is 24.5 Å². The summed E-state index contributed by atoms with van der Waals surface area (Å²) in [5, 5.41) is 0. The number of rotatable bonds is 4. The van der Waals surface area contributed by atoms with Crippen molar-refractivity contribution in [2.24, 2.45) is 5.73 Å². The molecule has 1 aliphatic heterocycles. The van der Waals surface area contributed by atoms with Gasteiger partial charge >= 0.3 is 0 Å². The van der Waals surface area contributed by atoms with Crippen LogP contribution in [0, 0.1) is 0 Å². The van der Waals surface area contributed by atoms with Crippen LogP contribution in [0.5, 0.6) is 0 Å². The highest BCUT2D eigenvalue weighted by atomic mass is 35.5. The second-order valence-corrected chi connectivity index (χ2v) is 4.60. The van der Waals surface area contributed by atoms with Crippen molar-refractivity contribution < 1.29 is 0 Å². The van der Waals surface area contributed by atoms with E-state index in [1.807, 2.05) is 0 Å². The lowest BCUT2D eigenvalue weighted by Gasteiger charge is -2.36. The molecular weight excluding hydrogens is 267 g/mol. The quantitative estimate of drug-likeness (QED) is 0.921. The first-order valence-corrected chi connectivity index (χ1v) is 6.41. The van der Waals surface area contributed by atoms with Crippen molar-refractivity contribution in [3.05, 3.63) is 35.9 Å². The van der Waals surface area contributed by atoms with Crippen LogP contribution in [0.4, 0.5) is 0 Å². The average molecular weight is 291 g/mol. The molecule has 1 aliphatic rings. The highest BCUT2D eigenvalue weighted by Crippen LogP contribution is 2.30. The molecule has 1 saturated heterocycles. The zero-order chi connectivity index (χ0) is 11.2. The van der Waals surface area contributed by atoms with E-state index in [2.05, 4.69) is 35.2 Å².